The van der Waals surface area contributed by atoms with E-state index in [0.717, 1.165) is 5.56 Å². The lowest BCUT2D eigenvalue weighted by molar-refractivity contribution is -0.118. The number of primary amides is 1. The Morgan fingerprint density at radius 3 is 2.32 bits per heavy atom. The molecule has 0 radical (unpaired) electrons. The highest BCUT2D eigenvalue weighted by molar-refractivity contribution is 6.37. The molecule has 0 saturated heterocycles. The first kappa shape index (κ1) is 25.0. The highest BCUT2D eigenvalue weighted by Crippen LogP contribution is 2.39. The molecule has 3 amide bonds. The second-order valence-corrected chi connectivity index (χ2v) is 8.16. The second kappa shape index (κ2) is 10.6. The molecule has 3 aromatic carbocycles. The number of benzene rings is 3. The molecule has 1 aliphatic rings. The zero-order chi connectivity index (χ0) is 26.5. The van der Waals surface area contributed by atoms with Crippen molar-refractivity contribution < 1.29 is 28.7 Å². The molecule has 0 atom stereocenters. The Bertz CT molecular complexity index is 1400. The van der Waals surface area contributed by atoms with Crippen LogP contribution < -0.4 is 21.1 Å². The average molecular weight is 501 g/mol. The first-order valence-corrected chi connectivity index (χ1v) is 11.2. The van der Waals surface area contributed by atoms with Gasteiger partial charge < -0.3 is 30.7 Å². The molecule has 188 valence electrons. The molecule has 10 heteroatoms. The highest BCUT2D eigenvalue weighted by atomic mass is 16.7. The summed E-state index contributed by atoms with van der Waals surface area (Å²) < 4.78 is 9.59. The number of amides is 3. The number of anilines is 2. The number of nitrogens with one attached hydrogen (secondary N) is 2. The van der Waals surface area contributed by atoms with Gasteiger partial charge in [-0.25, -0.2) is 4.79 Å². The van der Waals surface area contributed by atoms with E-state index >= 15 is 0 Å². The van der Waals surface area contributed by atoms with Gasteiger partial charge in [-0.15, -0.1) is 0 Å². The van der Waals surface area contributed by atoms with E-state index in [1.807, 2.05) is 30.3 Å². The predicted molar refractivity (Wildman–Crippen MR) is 138 cm³/mol. The van der Waals surface area contributed by atoms with Gasteiger partial charge in [0.2, 0.25) is 5.91 Å². The number of carbonyl (C=O) groups is 4. The number of hydrogen-bond donors (Lipinski definition) is 3. The topological polar surface area (TPSA) is 140 Å². The molecular formula is C27H24N4O6. The lowest BCUT2D eigenvalue weighted by Gasteiger charge is -2.17. The summed E-state index contributed by atoms with van der Waals surface area (Å²) in [7, 11) is 2.70. The van der Waals surface area contributed by atoms with Crippen LogP contribution in [0.25, 0.3) is 11.3 Å². The molecular weight excluding hydrogens is 476 g/mol. The SMILES string of the molecule is COC(=O)Oc1ccc2c(c1)NC(=O)/C2=C(\Nc1ccc(C(=O)N(C)CC(N)=O)cc1)c1ccccc1. The third-order valence-electron chi connectivity index (χ3n) is 5.56. The van der Waals surface area contributed by atoms with Crippen molar-refractivity contribution in [2.75, 3.05) is 31.3 Å². The van der Waals surface area contributed by atoms with Gasteiger partial charge in [-0.1, -0.05) is 30.3 Å². The Hall–Kier alpha value is -5.12. The first-order valence-electron chi connectivity index (χ1n) is 11.2. The maximum Gasteiger partial charge on any atom is 0.513 e. The summed E-state index contributed by atoms with van der Waals surface area (Å²) in [5.41, 5.74) is 8.99. The van der Waals surface area contributed by atoms with Crippen LogP contribution in [0.15, 0.2) is 72.8 Å². The summed E-state index contributed by atoms with van der Waals surface area (Å²) in [4.78, 5) is 49.5. The third kappa shape index (κ3) is 5.59. The summed E-state index contributed by atoms with van der Waals surface area (Å²) in [5.74, 6) is -1.06. The molecule has 4 N–H and O–H groups in total. The lowest BCUT2D eigenvalue weighted by atomic mass is 10.00. The minimum absolute atomic E-state index is 0.190. The van der Waals surface area contributed by atoms with E-state index in [-0.39, 0.29) is 24.1 Å². The molecule has 0 bridgehead atoms. The maximum absolute atomic E-state index is 13.1. The van der Waals surface area contributed by atoms with Crippen molar-refractivity contribution in [1.82, 2.24) is 4.90 Å². The van der Waals surface area contributed by atoms with E-state index in [0.29, 0.717) is 33.8 Å². The molecule has 1 aliphatic heterocycles. The predicted octanol–water partition coefficient (Wildman–Crippen LogP) is 3.32. The number of likely N-dealkylation sites (N-methyl/N-ethyl adjacent to an activating group) is 1. The Morgan fingerprint density at radius 2 is 1.68 bits per heavy atom. The van der Waals surface area contributed by atoms with E-state index in [1.54, 1.807) is 42.5 Å². The summed E-state index contributed by atoms with van der Waals surface area (Å²) in [5, 5.41) is 6.12. The van der Waals surface area contributed by atoms with Crippen LogP contribution >= 0.6 is 0 Å². The molecule has 0 aromatic heterocycles. The maximum atomic E-state index is 13.1. The molecule has 0 unspecified atom stereocenters. The molecule has 0 saturated carbocycles. The van der Waals surface area contributed by atoms with Crippen LogP contribution in [0.4, 0.5) is 16.2 Å². The normalized spacial score (nSPS) is 13.2. The van der Waals surface area contributed by atoms with Gasteiger partial charge in [0.15, 0.2) is 0 Å². The average Bonchev–Trinajstić information content (AvgIpc) is 3.21. The Labute approximate surface area is 212 Å². The summed E-state index contributed by atoms with van der Waals surface area (Å²) in [6, 6.07) is 20.8. The minimum Gasteiger partial charge on any atom is -0.437 e. The number of methoxy groups -OCH3 is 1. The van der Waals surface area contributed by atoms with Gasteiger partial charge in [0, 0.05) is 29.9 Å². The fourth-order valence-electron chi connectivity index (χ4n) is 3.85. The van der Waals surface area contributed by atoms with Crippen molar-refractivity contribution in [3.8, 4) is 5.75 Å². The zero-order valence-corrected chi connectivity index (χ0v) is 20.1. The van der Waals surface area contributed by atoms with Crippen LogP contribution in [-0.2, 0) is 14.3 Å². The summed E-state index contributed by atoms with van der Waals surface area (Å²) >= 11 is 0. The minimum atomic E-state index is -0.866. The molecule has 0 aliphatic carbocycles. The molecule has 37 heavy (non-hydrogen) atoms. The van der Waals surface area contributed by atoms with Crippen molar-refractivity contribution >= 4 is 46.5 Å². The van der Waals surface area contributed by atoms with E-state index in [2.05, 4.69) is 15.4 Å². The number of carbonyl (C=O) groups excluding carboxylic acids is 4. The Kier molecular flexibility index (Phi) is 7.19. The van der Waals surface area contributed by atoms with Crippen molar-refractivity contribution in [2.45, 2.75) is 0 Å². The molecule has 3 aromatic rings. The Balaban J connectivity index is 1.69. The van der Waals surface area contributed by atoms with Gasteiger partial charge in [0.25, 0.3) is 11.8 Å². The number of fused-ring (bicyclic) bond motifs is 1. The molecule has 0 spiro atoms. The van der Waals surface area contributed by atoms with Gasteiger partial charge in [0.05, 0.1) is 30.6 Å². The fraction of sp³-hybridized carbons (Fsp3) is 0.111. The lowest BCUT2D eigenvalue weighted by Crippen LogP contribution is -2.35. The monoisotopic (exact) mass is 500 g/mol. The standard InChI is InChI=1S/C27H24N4O6/c1-31(15-22(28)32)26(34)17-8-10-18(11-9-17)29-24(16-6-4-3-5-7-16)23-20-13-12-19(37-27(35)36-2)14-21(20)30-25(23)33/h3-14,29H,15H2,1-2H3,(H2,28,32)(H,30,33)/b24-23-. The molecule has 0 fully saturated rings. The number of rotatable bonds is 7. The number of nitrogens with zero attached hydrogens (tertiary/aromatic N) is 1. The molecule has 1 heterocycles. The van der Waals surface area contributed by atoms with Crippen LogP contribution in [0.1, 0.15) is 21.5 Å². The second-order valence-electron chi connectivity index (χ2n) is 8.16. The summed E-state index contributed by atoms with van der Waals surface area (Å²) in [6.45, 7) is -0.190. The number of ether oxygens (including phenoxy) is 2. The van der Waals surface area contributed by atoms with E-state index < -0.39 is 12.1 Å². The van der Waals surface area contributed by atoms with Crippen LogP contribution in [0.3, 0.4) is 0 Å². The number of hydrogen-bond acceptors (Lipinski definition) is 7. The van der Waals surface area contributed by atoms with Gasteiger partial charge in [-0.05, 0) is 42.0 Å². The van der Waals surface area contributed by atoms with Gasteiger partial charge in [0.1, 0.15) is 5.75 Å². The van der Waals surface area contributed by atoms with E-state index in [9.17, 15) is 19.2 Å². The quantitative estimate of drug-likeness (QED) is 0.257. The molecule has 10 nitrogen and oxygen atoms in total. The Morgan fingerprint density at radius 1 is 0.973 bits per heavy atom. The third-order valence-corrected chi connectivity index (χ3v) is 5.56. The van der Waals surface area contributed by atoms with Crippen LogP contribution in [0, 0.1) is 0 Å². The van der Waals surface area contributed by atoms with Crippen molar-refractivity contribution in [3.05, 3.63) is 89.5 Å². The zero-order valence-electron chi connectivity index (χ0n) is 20.1. The van der Waals surface area contributed by atoms with Crippen LogP contribution in [-0.4, -0.2) is 49.5 Å². The summed E-state index contributed by atoms with van der Waals surface area (Å²) in [6.07, 6.45) is -0.866. The van der Waals surface area contributed by atoms with Crippen LogP contribution in [0.2, 0.25) is 0 Å². The van der Waals surface area contributed by atoms with Gasteiger partial charge in [-0.3, -0.25) is 14.4 Å². The van der Waals surface area contributed by atoms with Crippen molar-refractivity contribution in [1.29, 1.82) is 0 Å². The first-order chi connectivity index (χ1) is 17.8. The van der Waals surface area contributed by atoms with Crippen LogP contribution in [0.5, 0.6) is 5.75 Å². The largest absolute Gasteiger partial charge is 0.513 e. The number of nitrogens with two attached hydrogens (primary N) is 1. The highest BCUT2D eigenvalue weighted by Gasteiger charge is 2.29. The van der Waals surface area contributed by atoms with E-state index in [4.69, 9.17) is 10.5 Å². The molecule has 4 rings (SSSR count). The van der Waals surface area contributed by atoms with Crippen molar-refractivity contribution in [2.24, 2.45) is 5.73 Å². The fourth-order valence-corrected chi connectivity index (χ4v) is 3.85. The van der Waals surface area contributed by atoms with Crippen molar-refractivity contribution in [3.63, 3.8) is 0 Å². The van der Waals surface area contributed by atoms with Gasteiger partial charge >= 0.3 is 6.16 Å². The van der Waals surface area contributed by atoms with Gasteiger partial charge in [-0.2, -0.15) is 0 Å². The smallest absolute Gasteiger partial charge is 0.437 e. The van der Waals surface area contributed by atoms with E-state index in [1.165, 1.54) is 19.1 Å².